The van der Waals surface area contributed by atoms with Crippen molar-refractivity contribution in [1.82, 2.24) is 0 Å². The molecule has 0 bridgehead atoms. The summed E-state index contributed by atoms with van der Waals surface area (Å²) in [6.45, 7) is -2.61. The number of hydrogen-bond donors (Lipinski definition) is 7. The molecule has 0 aliphatic heterocycles. The molecule has 0 atom stereocenters. The Labute approximate surface area is 138 Å². The molecule has 0 heterocycles. The van der Waals surface area contributed by atoms with Crippen LogP contribution in [0.15, 0.2) is 18.2 Å². The van der Waals surface area contributed by atoms with E-state index < -0.39 is 38.8 Å². The third kappa shape index (κ3) is 2.83. The van der Waals surface area contributed by atoms with Crippen molar-refractivity contribution in [2.45, 2.75) is 33.0 Å². The monoisotopic (exact) mass is 336 g/mol. The maximum atomic E-state index is 10.2. The van der Waals surface area contributed by atoms with E-state index in [1.54, 1.807) is 0 Å². The van der Waals surface area contributed by atoms with Crippen molar-refractivity contribution < 1.29 is 35.7 Å². The summed E-state index contributed by atoms with van der Waals surface area (Å²) in [5, 5.41) is 68.3. The predicted molar refractivity (Wildman–Crippen MR) is 84.8 cm³/mol. The molecule has 7 N–H and O–H groups in total. The number of para-hydroxylation sites is 1. The fraction of sp³-hybridized carbons (Fsp3) is 0.294. The Morgan fingerprint density at radius 3 is 1.42 bits per heavy atom. The second-order valence-corrected chi connectivity index (χ2v) is 5.23. The van der Waals surface area contributed by atoms with E-state index in [4.69, 9.17) is 0 Å². The number of benzene rings is 2. The second kappa shape index (κ2) is 7.61. The highest BCUT2D eigenvalue weighted by Gasteiger charge is 2.24. The SMILES string of the molecule is OCc1c(CO)c(CO)c(-c2cccc(O)c2O)c(CO)c1CO. The van der Waals surface area contributed by atoms with E-state index in [9.17, 15) is 35.7 Å². The van der Waals surface area contributed by atoms with E-state index in [1.807, 2.05) is 0 Å². The van der Waals surface area contributed by atoms with Crippen molar-refractivity contribution in [1.29, 1.82) is 0 Å². The molecule has 2 rings (SSSR count). The lowest BCUT2D eigenvalue weighted by molar-refractivity contribution is 0.233. The number of phenols is 2. The molecule has 2 aromatic rings. The fourth-order valence-corrected chi connectivity index (χ4v) is 3.01. The van der Waals surface area contributed by atoms with Gasteiger partial charge in [-0.3, -0.25) is 0 Å². The van der Waals surface area contributed by atoms with Crippen LogP contribution < -0.4 is 0 Å². The van der Waals surface area contributed by atoms with Crippen molar-refractivity contribution in [3.05, 3.63) is 46.0 Å². The van der Waals surface area contributed by atoms with Gasteiger partial charge in [-0.05, 0) is 39.4 Å². The van der Waals surface area contributed by atoms with E-state index in [0.29, 0.717) is 0 Å². The van der Waals surface area contributed by atoms with E-state index in [-0.39, 0.29) is 44.7 Å². The van der Waals surface area contributed by atoms with Crippen molar-refractivity contribution in [2.75, 3.05) is 0 Å². The number of aliphatic hydroxyl groups excluding tert-OH is 5. The normalized spacial score (nSPS) is 11.0. The van der Waals surface area contributed by atoms with Gasteiger partial charge in [0, 0.05) is 5.56 Å². The van der Waals surface area contributed by atoms with Gasteiger partial charge in [-0.15, -0.1) is 0 Å². The van der Waals surface area contributed by atoms with Crippen molar-refractivity contribution in [2.24, 2.45) is 0 Å². The van der Waals surface area contributed by atoms with Gasteiger partial charge in [0.25, 0.3) is 0 Å². The smallest absolute Gasteiger partial charge is 0.165 e. The van der Waals surface area contributed by atoms with E-state index in [1.165, 1.54) is 18.2 Å². The number of aliphatic hydroxyl groups is 5. The molecule has 0 spiro atoms. The molecule has 0 fully saturated rings. The molecule has 0 saturated carbocycles. The molecule has 0 aliphatic rings. The summed E-state index contributed by atoms with van der Waals surface area (Å²) in [6.07, 6.45) is 0. The lowest BCUT2D eigenvalue weighted by Crippen LogP contribution is -2.12. The van der Waals surface area contributed by atoms with E-state index in [2.05, 4.69) is 0 Å². The quantitative estimate of drug-likeness (QED) is 0.374. The first-order valence-corrected chi connectivity index (χ1v) is 7.29. The predicted octanol–water partition coefficient (Wildman–Crippen LogP) is 0.226. The van der Waals surface area contributed by atoms with Crippen LogP contribution in [0.4, 0.5) is 0 Å². The largest absolute Gasteiger partial charge is 0.504 e. The highest BCUT2D eigenvalue weighted by atomic mass is 16.3. The Bertz CT molecular complexity index is 707. The zero-order valence-electron chi connectivity index (χ0n) is 12.9. The zero-order chi connectivity index (χ0) is 17.9. The summed E-state index contributed by atoms with van der Waals surface area (Å²) in [5.41, 5.74) is 1.37. The van der Waals surface area contributed by atoms with Gasteiger partial charge in [0.2, 0.25) is 0 Å². The van der Waals surface area contributed by atoms with Crippen LogP contribution in [0.25, 0.3) is 11.1 Å². The van der Waals surface area contributed by atoms with Crippen LogP contribution >= 0.6 is 0 Å². The van der Waals surface area contributed by atoms with Gasteiger partial charge in [-0.1, -0.05) is 12.1 Å². The Hall–Kier alpha value is -2.16. The minimum Gasteiger partial charge on any atom is -0.504 e. The van der Waals surface area contributed by atoms with Gasteiger partial charge >= 0.3 is 0 Å². The van der Waals surface area contributed by atoms with Crippen LogP contribution in [-0.4, -0.2) is 35.7 Å². The molecule has 0 amide bonds. The maximum absolute atomic E-state index is 10.2. The first-order valence-electron chi connectivity index (χ1n) is 7.29. The second-order valence-electron chi connectivity index (χ2n) is 5.23. The Balaban J connectivity index is 3.00. The highest BCUT2D eigenvalue weighted by molar-refractivity contribution is 5.81. The minimum atomic E-state index is -0.536. The third-order valence-corrected chi connectivity index (χ3v) is 4.14. The van der Waals surface area contributed by atoms with Gasteiger partial charge in [-0.2, -0.15) is 0 Å². The molecule has 0 aromatic heterocycles. The third-order valence-electron chi connectivity index (χ3n) is 4.14. The summed E-state index contributed by atoms with van der Waals surface area (Å²) in [5.74, 6) is -0.839. The summed E-state index contributed by atoms with van der Waals surface area (Å²) < 4.78 is 0. The summed E-state index contributed by atoms with van der Waals surface area (Å²) >= 11 is 0. The average molecular weight is 336 g/mol. The molecule has 7 heteroatoms. The van der Waals surface area contributed by atoms with Crippen LogP contribution in [0, 0.1) is 0 Å². The fourth-order valence-electron chi connectivity index (χ4n) is 3.01. The molecular formula is C17H20O7. The zero-order valence-corrected chi connectivity index (χ0v) is 12.9. The maximum Gasteiger partial charge on any atom is 0.165 e. The average Bonchev–Trinajstić information content (AvgIpc) is 2.61. The lowest BCUT2D eigenvalue weighted by atomic mass is 9.84. The van der Waals surface area contributed by atoms with Crippen LogP contribution in [-0.2, 0) is 33.0 Å². The number of phenolic OH excluding ortho intramolecular Hbond substituents is 2. The van der Waals surface area contributed by atoms with Gasteiger partial charge in [0.15, 0.2) is 11.5 Å². The molecule has 2 aromatic carbocycles. The first-order chi connectivity index (χ1) is 11.5. The molecule has 0 saturated heterocycles. The molecule has 24 heavy (non-hydrogen) atoms. The van der Waals surface area contributed by atoms with E-state index in [0.717, 1.165) is 0 Å². The summed E-state index contributed by atoms with van der Waals surface area (Å²) in [4.78, 5) is 0. The highest BCUT2D eigenvalue weighted by Crippen LogP contribution is 2.43. The molecule has 0 aliphatic carbocycles. The summed E-state index contributed by atoms with van der Waals surface area (Å²) in [6, 6.07) is 4.23. The number of aromatic hydroxyl groups is 2. The Morgan fingerprint density at radius 2 is 1.00 bits per heavy atom. The van der Waals surface area contributed by atoms with Crippen LogP contribution in [0.5, 0.6) is 11.5 Å². The van der Waals surface area contributed by atoms with Crippen molar-refractivity contribution in [3.8, 4) is 22.6 Å². The number of rotatable bonds is 6. The van der Waals surface area contributed by atoms with Gasteiger partial charge in [0.1, 0.15) is 0 Å². The minimum absolute atomic E-state index is 0.136. The Morgan fingerprint density at radius 1 is 0.583 bits per heavy atom. The molecule has 0 unspecified atom stereocenters. The van der Waals surface area contributed by atoms with Gasteiger partial charge in [0.05, 0.1) is 33.0 Å². The van der Waals surface area contributed by atoms with Gasteiger partial charge < -0.3 is 35.7 Å². The van der Waals surface area contributed by atoms with Crippen LogP contribution in [0.3, 0.4) is 0 Å². The standard InChI is InChI=1S/C17H20O7/c18-4-10-11(5-19)13(7-21)16(14(8-22)12(10)6-20)9-2-1-3-15(23)17(9)24/h1-3,18-24H,4-8H2. The van der Waals surface area contributed by atoms with Crippen molar-refractivity contribution >= 4 is 0 Å². The molecule has 0 radical (unpaired) electrons. The molecule has 7 nitrogen and oxygen atoms in total. The lowest BCUT2D eigenvalue weighted by Gasteiger charge is -2.24. The molecule has 130 valence electrons. The molecular weight excluding hydrogens is 316 g/mol. The topological polar surface area (TPSA) is 142 Å². The van der Waals surface area contributed by atoms with Crippen LogP contribution in [0.2, 0.25) is 0 Å². The Kier molecular flexibility index (Phi) is 5.76. The number of hydrogen-bond acceptors (Lipinski definition) is 7. The summed E-state index contributed by atoms with van der Waals surface area (Å²) in [7, 11) is 0. The first kappa shape index (κ1) is 18.2. The van der Waals surface area contributed by atoms with Crippen molar-refractivity contribution in [3.63, 3.8) is 0 Å². The van der Waals surface area contributed by atoms with Crippen LogP contribution in [0.1, 0.15) is 27.8 Å². The van der Waals surface area contributed by atoms with Gasteiger partial charge in [-0.25, -0.2) is 0 Å². The van der Waals surface area contributed by atoms with E-state index >= 15 is 0 Å².